The van der Waals surface area contributed by atoms with E-state index in [2.05, 4.69) is 40.6 Å². The number of nitrogens with two attached hydrogens (primary N) is 1. The largest absolute Gasteiger partial charge is 0.508 e. The Kier molecular flexibility index (Phi) is 10.9. The molecule has 0 aliphatic heterocycles. The summed E-state index contributed by atoms with van der Waals surface area (Å²) in [6, 6.07) is 31.4. The minimum atomic E-state index is -0.0518. The number of nitrogens with one attached hydrogen (secondary N) is 2. The predicted molar refractivity (Wildman–Crippen MR) is 193 cm³/mol. The number of amides is 2. The minimum Gasteiger partial charge on any atom is -0.508 e. The number of para-hydroxylation sites is 1. The molecule has 1 aliphatic carbocycles. The molecule has 0 spiro atoms. The quantitative estimate of drug-likeness (QED) is 0.109. The van der Waals surface area contributed by atoms with Crippen LogP contribution in [0.3, 0.4) is 0 Å². The standard InChI is InChI=1S/C41H46N4O3/c42-25-30-6-3-7-31(22-30)26-44-41(48)35-11-5-10-34(24-35)33-9-4-8-32(23-33)28-45(21-20-29-14-17-37(46)18-15-29)40(47)19-16-36-27-43-39-13-2-1-12-38(36)39/h1-2,4-5,8-15,17-18,23-24,27,30-31,43,46H,3,6-7,16,19-22,25-26,28,42H2,(H,44,48). The summed E-state index contributed by atoms with van der Waals surface area (Å²) < 4.78 is 0. The lowest BCUT2D eigenvalue weighted by Crippen LogP contribution is -2.33. The number of aryl methyl sites for hydroxylation is 1. The molecule has 1 aromatic heterocycles. The summed E-state index contributed by atoms with van der Waals surface area (Å²) in [5.41, 5.74) is 12.8. The van der Waals surface area contributed by atoms with E-state index < -0.39 is 0 Å². The van der Waals surface area contributed by atoms with Gasteiger partial charge in [-0.3, -0.25) is 9.59 Å². The molecule has 7 heteroatoms. The number of carbonyl (C=O) groups is 2. The van der Waals surface area contributed by atoms with Crippen LogP contribution in [0.4, 0.5) is 0 Å². The number of benzene rings is 4. The maximum atomic E-state index is 13.8. The molecule has 0 radical (unpaired) electrons. The molecule has 1 fully saturated rings. The molecule has 248 valence electrons. The summed E-state index contributed by atoms with van der Waals surface area (Å²) >= 11 is 0. The van der Waals surface area contributed by atoms with Crippen LogP contribution in [-0.4, -0.2) is 46.4 Å². The van der Waals surface area contributed by atoms with Crippen LogP contribution >= 0.6 is 0 Å². The lowest BCUT2D eigenvalue weighted by Gasteiger charge is -2.28. The van der Waals surface area contributed by atoms with Crippen molar-refractivity contribution in [2.45, 2.75) is 51.5 Å². The van der Waals surface area contributed by atoms with Gasteiger partial charge in [0.1, 0.15) is 5.75 Å². The normalized spacial score (nSPS) is 16.1. The molecule has 48 heavy (non-hydrogen) atoms. The van der Waals surface area contributed by atoms with Crippen molar-refractivity contribution in [2.75, 3.05) is 19.6 Å². The van der Waals surface area contributed by atoms with Gasteiger partial charge in [-0.25, -0.2) is 0 Å². The Balaban J connectivity index is 1.14. The first-order valence-corrected chi connectivity index (χ1v) is 17.2. The SMILES string of the molecule is NCC1CCCC(CNC(=O)c2cccc(-c3cccc(CN(CCc4ccc(O)cc4)C(=O)CCc4c[nH]c5ccccc45)c3)c2)C1. The van der Waals surface area contributed by atoms with Crippen LogP contribution in [0, 0.1) is 11.8 Å². The number of hydrogen-bond donors (Lipinski definition) is 4. The van der Waals surface area contributed by atoms with Gasteiger partial charge in [0.25, 0.3) is 5.91 Å². The average molecular weight is 643 g/mol. The maximum Gasteiger partial charge on any atom is 0.251 e. The fourth-order valence-corrected chi connectivity index (χ4v) is 7.01. The van der Waals surface area contributed by atoms with Crippen molar-refractivity contribution in [2.24, 2.45) is 17.6 Å². The van der Waals surface area contributed by atoms with E-state index in [0.717, 1.165) is 58.1 Å². The van der Waals surface area contributed by atoms with Crippen molar-refractivity contribution in [3.8, 4) is 16.9 Å². The predicted octanol–water partition coefficient (Wildman–Crippen LogP) is 7.24. The fraction of sp³-hybridized carbons (Fsp3) is 0.317. The lowest BCUT2D eigenvalue weighted by atomic mass is 9.81. The number of rotatable bonds is 13. The van der Waals surface area contributed by atoms with Crippen LogP contribution in [0.1, 0.15) is 59.2 Å². The van der Waals surface area contributed by atoms with Crippen LogP contribution in [0.25, 0.3) is 22.0 Å². The third-order valence-electron chi connectivity index (χ3n) is 9.78. The van der Waals surface area contributed by atoms with Crippen molar-refractivity contribution in [3.05, 3.63) is 126 Å². The van der Waals surface area contributed by atoms with E-state index in [4.69, 9.17) is 5.73 Å². The Morgan fingerprint density at radius 2 is 1.62 bits per heavy atom. The number of phenolic OH excluding ortho intramolecular Hbond substituents is 1. The van der Waals surface area contributed by atoms with Crippen molar-refractivity contribution in [1.29, 1.82) is 0 Å². The van der Waals surface area contributed by atoms with Gasteiger partial charge in [-0.2, -0.15) is 0 Å². The van der Waals surface area contributed by atoms with E-state index >= 15 is 0 Å². The third-order valence-corrected chi connectivity index (χ3v) is 9.78. The van der Waals surface area contributed by atoms with Crippen LogP contribution < -0.4 is 11.1 Å². The number of phenols is 1. The number of aromatic nitrogens is 1. The van der Waals surface area contributed by atoms with Crippen LogP contribution in [-0.2, 0) is 24.2 Å². The average Bonchev–Trinajstić information content (AvgIpc) is 3.55. The van der Waals surface area contributed by atoms with Crippen molar-refractivity contribution >= 4 is 22.7 Å². The Labute approximate surface area is 283 Å². The van der Waals surface area contributed by atoms with Crippen molar-refractivity contribution < 1.29 is 14.7 Å². The second kappa shape index (κ2) is 15.8. The van der Waals surface area contributed by atoms with E-state index in [1.165, 1.54) is 12.8 Å². The van der Waals surface area contributed by atoms with Gasteiger partial charge in [0.2, 0.25) is 5.91 Å². The fourth-order valence-electron chi connectivity index (χ4n) is 7.01. The monoisotopic (exact) mass is 642 g/mol. The van der Waals surface area contributed by atoms with Gasteiger partial charge in [0, 0.05) is 48.7 Å². The number of aromatic hydroxyl groups is 1. The minimum absolute atomic E-state index is 0.0518. The molecule has 1 aliphatic rings. The molecule has 5 aromatic rings. The highest BCUT2D eigenvalue weighted by atomic mass is 16.3. The summed E-state index contributed by atoms with van der Waals surface area (Å²) in [4.78, 5) is 32.2. The molecular weight excluding hydrogens is 596 g/mol. The Morgan fingerprint density at radius 1 is 0.854 bits per heavy atom. The highest BCUT2D eigenvalue weighted by Crippen LogP contribution is 2.28. The number of nitrogens with zero attached hydrogens (tertiary/aromatic N) is 1. The zero-order chi connectivity index (χ0) is 33.3. The summed E-state index contributed by atoms with van der Waals surface area (Å²) in [5, 5.41) is 14.0. The highest BCUT2D eigenvalue weighted by Gasteiger charge is 2.22. The molecule has 1 saturated carbocycles. The molecule has 2 unspecified atom stereocenters. The molecule has 2 atom stereocenters. The van der Waals surface area contributed by atoms with E-state index in [-0.39, 0.29) is 17.6 Å². The number of fused-ring (bicyclic) bond motifs is 1. The Morgan fingerprint density at radius 3 is 2.46 bits per heavy atom. The molecule has 7 nitrogen and oxygen atoms in total. The molecule has 6 rings (SSSR count). The highest BCUT2D eigenvalue weighted by molar-refractivity contribution is 5.95. The van der Waals surface area contributed by atoms with E-state index in [0.29, 0.717) is 56.3 Å². The summed E-state index contributed by atoms with van der Waals surface area (Å²) in [5.74, 6) is 1.32. The number of aromatic amines is 1. The second-order valence-electron chi connectivity index (χ2n) is 13.2. The van der Waals surface area contributed by atoms with Crippen LogP contribution in [0.2, 0.25) is 0 Å². The first kappa shape index (κ1) is 33.0. The molecule has 1 heterocycles. The Hall–Kier alpha value is -4.88. The third kappa shape index (κ3) is 8.52. The number of carbonyl (C=O) groups excluding carboxylic acids is 2. The van der Waals surface area contributed by atoms with Crippen LogP contribution in [0.15, 0.2) is 103 Å². The van der Waals surface area contributed by atoms with Gasteiger partial charge in [-0.1, -0.05) is 67.1 Å². The molecule has 5 N–H and O–H groups in total. The summed E-state index contributed by atoms with van der Waals surface area (Å²) in [6.07, 6.45) is 8.34. The number of H-pyrrole nitrogens is 1. The van der Waals surface area contributed by atoms with E-state index in [1.807, 2.05) is 65.7 Å². The van der Waals surface area contributed by atoms with Gasteiger partial charge < -0.3 is 26.0 Å². The first-order valence-electron chi connectivity index (χ1n) is 17.2. The van der Waals surface area contributed by atoms with E-state index in [9.17, 15) is 14.7 Å². The van der Waals surface area contributed by atoms with Crippen LogP contribution in [0.5, 0.6) is 5.75 Å². The number of hydrogen-bond acceptors (Lipinski definition) is 4. The van der Waals surface area contributed by atoms with Crippen molar-refractivity contribution in [3.63, 3.8) is 0 Å². The van der Waals surface area contributed by atoms with Gasteiger partial charge in [-0.15, -0.1) is 0 Å². The molecular formula is C41H46N4O3. The Bertz CT molecular complexity index is 1830. The topological polar surface area (TPSA) is 111 Å². The maximum absolute atomic E-state index is 13.8. The molecule has 0 saturated heterocycles. The van der Waals surface area contributed by atoms with Crippen molar-refractivity contribution in [1.82, 2.24) is 15.2 Å². The second-order valence-corrected chi connectivity index (χ2v) is 13.2. The van der Waals surface area contributed by atoms with Gasteiger partial charge in [-0.05, 0) is 115 Å². The zero-order valence-corrected chi connectivity index (χ0v) is 27.5. The van der Waals surface area contributed by atoms with Gasteiger partial charge in [0.05, 0.1) is 0 Å². The molecule has 2 amide bonds. The zero-order valence-electron chi connectivity index (χ0n) is 27.5. The summed E-state index contributed by atoms with van der Waals surface area (Å²) in [7, 11) is 0. The van der Waals surface area contributed by atoms with E-state index in [1.54, 1.807) is 12.1 Å². The smallest absolute Gasteiger partial charge is 0.251 e. The lowest BCUT2D eigenvalue weighted by molar-refractivity contribution is -0.131. The molecule has 0 bridgehead atoms. The van der Waals surface area contributed by atoms with Gasteiger partial charge in [0.15, 0.2) is 0 Å². The summed E-state index contributed by atoms with van der Waals surface area (Å²) in [6.45, 7) is 2.44. The van der Waals surface area contributed by atoms with Gasteiger partial charge >= 0.3 is 0 Å². The first-order chi connectivity index (χ1) is 23.4. The molecule has 4 aromatic carbocycles.